The zero-order valence-electron chi connectivity index (χ0n) is 13.2. The molecule has 1 aromatic heterocycles. The van der Waals surface area contributed by atoms with Gasteiger partial charge in [0.2, 0.25) is 0 Å². The minimum atomic E-state index is -0.0595. The molecule has 3 aromatic rings. The molecule has 3 N–H and O–H groups in total. The van der Waals surface area contributed by atoms with Crippen molar-refractivity contribution in [1.29, 1.82) is 0 Å². The number of fused-ring (bicyclic) bond motifs is 1. The lowest BCUT2D eigenvalue weighted by molar-refractivity contribution is 0.283. The van der Waals surface area contributed by atoms with Crippen molar-refractivity contribution in [3.05, 3.63) is 53.7 Å². The van der Waals surface area contributed by atoms with Crippen LogP contribution in [0.2, 0.25) is 0 Å². The lowest BCUT2D eigenvalue weighted by Crippen LogP contribution is -2.12. The average Bonchev–Trinajstić information content (AvgIpc) is 2.88. The number of benzene rings is 2. The summed E-state index contributed by atoms with van der Waals surface area (Å²) in [6, 6.07) is 13.9. The van der Waals surface area contributed by atoms with E-state index in [-0.39, 0.29) is 12.0 Å². The molecular formula is C18H21N3O. The Bertz CT molecular complexity index is 828. The molecule has 0 fully saturated rings. The Kier molecular flexibility index (Phi) is 3.41. The summed E-state index contributed by atoms with van der Waals surface area (Å²) in [5.74, 6) is 0.601. The molecule has 0 unspecified atom stereocenters. The summed E-state index contributed by atoms with van der Waals surface area (Å²) in [5.41, 5.74) is 8.78. The zero-order valence-corrected chi connectivity index (χ0v) is 13.2. The van der Waals surface area contributed by atoms with Crippen LogP contribution in [0.1, 0.15) is 32.0 Å². The van der Waals surface area contributed by atoms with Crippen LogP contribution in [-0.4, -0.2) is 14.9 Å². The van der Waals surface area contributed by atoms with Crippen LogP contribution >= 0.6 is 0 Å². The van der Waals surface area contributed by atoms with Crippen molar-refractivity contribution in [2.24, 2.45) is 0 Å². The van der Waals surface area contributed by atoms with E-state index in [1.54, 1.807) is 4.68 Å². The first-order valence-corrected chi connectivity index (χ1v) is 7.39. The van der Waals surface area contributed by atoms with Crippen LogP contribution in [-0.2, 0) is 12.0 Å². The number of hydrogen-bond acceptors (Lipinski definition) is 3. The second-order valence-corrected chi connectivity index (χ2v) is 6.60. The highest BCUT2D eigenvalue weighted by Crippen LogP contribution is 2.28. The molecule has 3 rings (SSSR count). The SMILES string of the molecule is CC(C)(C)c1cc(N)n(-c2cc(CO)c3ccccc3c2)n1. The molecule has 114 valence electrons. The molecule has 0 radical (unpaired) electrons. The first-order valence-electron chi connectivity index (χ1n) is 7.39. The molecular weight excluding hydrogens is 274 g/mol. The highest BCUT2D eigenvalue weighted by molar-refractivity contribution is 5.87. The number of hydrogen-bond donors (Lipinski definition) is 2. The van der Waals surface area contributed by atoms with Gasteiger partial charge in [0.05, 0.1) is 18.0 Å². The van der Waals surface area contributed by atoms with E-state index in [9.17, 15) is 5.11 Å². The van der Waals surface area contributed by atoms with E-state index in [0.717, 1.165) is 27.7 Å². The molecule has 0 atom stereocenters. The van der Waals surface area contributed by atoms with Crippen molar-refractivity contribution in [2.75, 3.05) is 5.73 Å². The van der Waals surface area contributed by atoms with Gasteiger partial charge in [-0.25, -0.2) is 4.68 Å². The number of nitrogen functional groups attached to an aromatic ring is 1. The third-order valence-corrected chi connectivity index (χ3v) is 3.85. The van der Waals surface area contributed by atoms with Crippen LogP contribution in [0.4, 0.5) is 5.82 Å². The van der Waals surface area contributed by atoms with E-state index in [4.69, 9.17) is 5.73 Å². The fraction of sp³-hybridized carbons (Fsp3) is 0.278. The fourth-order valence-corrected chi connectivity index (χ4v) is 2.59. The summed E-state index contributed by atoms with van der Waals surface area (Å²) >= 11 is 0. The molecule has 0 amide bonds. The highest BCUT2D eigenvalue weighted by atomic mass is 16.3. The second-order valence-electron chi connectivity index (χ2n) is 6.60. The maximum absolute atomic E-state index is 9.65. The first-order chi connectivity index (χ1) is 10.4. The lowest BCUT2D eigenvalue weighted by atomic mass is 9.92. The predicted octanol–water partition coefficient (Wildman–Crippen LogP) is 3.40. The molecule has 0 bridgehead atoms. The van der Waals surface area contributed by atoms with Gasteiger partial charge in [-0.15, -0.1) is 0 Å². The van der Waals surface area contributed by atoms with Crippen LogP contribution in [0, 0.1) is 0 Å². The molecule has 0 aliphatic heterocycles. The topological polar surface area (TPSA) is 64.1 Å². The second kappa shape index (κ2) is 5.14. The summed E-state index contributed by atoms with van der Waals surface area (Å²) in [6.07, 6.45) is 0. The minimum Gasteiger partial charge on any atom is -0.392 e. The number of anilines is 1. The van der Waals surface area contributed by atoms with Crippen LogP contribution in [0.25, 0.3) is 16.5 Å². The van der Waals surface area contributed by atoms with Gasteiger partial charge in [-0.05, 0) is 28.5 Å². The molecule has 1 heterocycles. The number of aliphatic hydroxyl groups excluding tert-OH is 1. The number of nitrogens with zero attached hydrogens (tertiary/aromatic N) is 2. The summed E-state index contributed by atoms with van der Waals surface area (Å²) in [5, 5.41) is 16.4. The minimum absolute atomic E-state index is 0.0122. The first kappa shape index (κ1) is 14.6. The number of rotatable bonds is 2. The summed E-state index contributed by atoms with van der Waals surface area (Å²) in [4.78, 5) is 0. The van der Waals surface area contributed by atoms with E-state index in [0.29, 0.717) is 5.82 Å². The van der Waals surface area contributed by atoms with Gasteiger partial charge in [-0.2, -0.15) is 5.10 Å². The predicted molar refractivity (Wildman–Crippen MR) is 90.1 cm³/mol. The molecule has 22 heavy (non-hydrogen) atoms. The third-order valence-electron chi connectivity index (χ3n) is 3.85. The van der Waals surface area contributed by atoms with E-state index < -0.39 is 0 Å². The molecule has 4 nitrogen and oxygen atoms in total. The van der Waals surface area contributed by atoms with E-state index >= 15 is 0 Å². The van der Waals surface area contributed by atoms with Crippen molar-refractivity contribution >= 4 is 16.6 Å². The van der Waals surface area contributed by atoms with Crippen LogP contribution in [0.15, 0.2) is 42.5 Å². The average molecular weight is 295 g/mol. The van der Waals surface area contributed by atoms with E-state index in [1.807, 2.05) is 42.5 Å². The van der Waals surface area contributed by atoms with Gasteiger partial charge in [-0.1, -0.05) is 45.0 Å². The Morgan fingerprint density at radius 2 is 1.86 bits per heavy atom. The highest BCUT2D eigenvalue weighted by Gasteiger charge is 2.19. The molecule has 0 aliphatic rings. The Morgan fingerprint density at radius 3 is 2.50 bits per heavy atom. The van der Waals surface area contributed by atoms with Gasteiger partial charge < -0.3 is 10.8 Å². The van der Waals surface area contributed by atoms with Gasteiger partial charge in [0.1, 0.15) is 5.82 Å². The summed E-state index contributed by atoms with van der Waals surface area (Å²) in [6.45, 7) is 6.32. The maximum atomic E-state index is 9.65. The summed E-state index contributed by atoms with van der Waals surface area (Å²) < 4.78 is 1.74. The summed E-state index contributed by atoms with van der Waals surface area (Å²) in [7, 11) is 0. The van der Waals surface area contributed by atoms with Crippen molar-refractivity contribution in [2.45, 2.75) is 32.8 Å². The Balaban J connectivity index is 2.20. The Labute approximate surface area is 130 Å². The van der Waals surface area contributed by atoms with Crippen molar-refractivity contribution in [3.63, 3.8) is 0 Å². The van der Waals surface area contributed by atoms with Crippen LogP contribution in [0.5, 0.6) is 0 Å². The van der Waals surface area contributed by atoms with Crippen LogP contribution in [0.3, 0.4) is 0 Å². The standard InChI is InChI=1S/C18H21N3O/c1-18(2,3)16-10-17(19)21(20-16)14-8-12-6-4-5-7-15(12)13(9-14)11-22/h4-10,22H,11,19H2,1-3H3. The number of nitrogens with two attached hydrogens (primary N) is 1. The van der Waals surface area contributed by atoms with E-state index in [2.05, 4.69) is 25.9 Å². The lowest BCUT2D eigenvalue weighted by Gasteiger charge is -2.14. The normalized spacial score (nSPS) is 12.0. The molecule has 0 aliphatic carbocycles. The van der Waals surface area contributed by atoms with Crippen LogP contribution < -0.4 is 5.73 Å². The van der Waals surface area contributed by atoms with Gasteiger partial charge in [0, 0.05) is 11.5 Å². The monoisotopic (exact) mass is 295 g/mol. The Morgan fingerprint density at radius 1 is 1.14 bits per heavy atom. The van der Waals surface area contributed by atoms with Crippen molar-refractivity contribution < 1.29 is 5.11 Å². The van der Waals surface area contributed by atoms with Crippen molar-refractivity contribution in [1.82, 2.24) is 9.78 Å². The number of aromatic nitrogens is 2. The maximum Gasteiger partial charge on any atom is 0.127 e. The smallest absolute Gasteiger partial charge is 0.127 e. The van der Waals surface area contributed by atoms with E-state index in [1.165, 1.54) is 0 Å². The largest absolute Gasteiger partial charge is 0.392 e. The quantitative estimate of drug-likeness (QED) is 0.761. The molecule has 0 saturated carbocycles. The van der Waals surface area contributed by atoms with Gasteiger partial charge in [0.15, 0.2) is 0 Å². The fourth-order valence-electron chi connectivity index (χ4n) is 2.59. The molecule has 2 aromatic carbocycles. The van der Waals surface area contributed by atoms with Gasteiger partial charge in [-0.3, -0.25) is 0 Å². The molecule has 4 heteroatoms. The zero-order chi connectivity index (χ0) is 15.9. The number of aliphatic hydroxyl groups is 1. The van der Waals surface area contributed by atoms with Gasteiger partial charge >= 0.3 is 0 Å². The Hall–Kier alpha value is -2.33. The third kappa shape index (κ3) is 2.46. The molecule has 0 spiro atoms. The molecule has 0 saturated heterocycles. The van der Waals surface area contributed by atoms with Gasteiger partial charge in [0.25, 0.3) is 0 Å². The van der Waals surface area contributed by atoms with Crippen molar-refractivity contribution in [3.8, 4) is 5.69 Å².